The largest absolute Gasteiger partial charge is 0.477 e. The Balaban J connectivity index is 2.25. The summed E-state index contributed by atoms with van der Waals surface area (Å²) in [5.74, 6) is -0.823. The van der Waals surface area contributed by atoms with Crippen molar-refractivity contribution in [1.82, 2.24) is 4.98 Å². The van der Waals surface area contributed by atoms with Crippen LogP contribution in [0.2, 0.25) is 0 Å². The second kappa shape index (κ2) is 5.14. The van der Waals surface area contributed by atoms with Crippen molar-refractivity contribution in [2.45, 2.75) is 0 Å². The van der Waals surface area contributed by atoms with Gasteiger partial charge in [-0.05, 0) is 40.2 Å². The van der Waals surface area contributed by atoms with E-state index in [1.807, 2.05) is 0 Å². The third kappa shape index (κ3) is 2.84. The lowest BCUT2D eigenvalue weighted by atomic mass is 10.3. The molecular weight excluding hydrogens is 305 g/mol. The number of hydrogen-bond acceptors (Lipinski definition) is 3. The summed E-state index contributed by atoms with van der Waals surface area (Å²) in [5, 5.41) is 8.78. The number of pyridine rings is 1. The third-order valence-corrected chi connectivity index (χ3v) is 2.68. The van der Waals surface area contributed by atoms with E-state index in [2.05, 4.69) is 20.9 Å². The van der Waals surface area contributed by atoms with Crippen molar-refractivity contribution >= 4 is 21.9 Å². The van der Waals surface area contributed by atoms with E-state index in [0.717, 1.165) is 0 Å². The van der Waals surface area contributed by atoms with Crippen molar-refractivity contribution in [3.8, 4) is 11.5 Å². The number of aromatic nitrogens is 1. The Morgan fingerprint density at radius 1 is 1.28 bits per heavy atom. The number of carboxylic acids is 1. The number of carbonyl (C=O) groups is 1. The average Bonchev–Trinajstić information content (AvgIpc) is 2.34. The first-order chi connectivity index (χ1) is 8.56. The summed E-state index contributed by atoms with van der Waals surface area (Å²) in [6.07, 6.45) is 1.33. The van der Waals surface area contributed by atoms with E-state index >= 15 is 0 Å². The van der Waals surface area contributed by atoms with Gasteiger partial charge in [0.1, 0.15) is 17.3 Å². The number of aromatic carboxylic acids is 1. The zero-order chi connectivity index (χ0) is 13.1. The molecule has 0 amide bonds. The van der Waals surface area contributed by atoms with Crippen molar-refractivity contribution in [2.75, 3.05) is 0 Å². The van der Waals surface area contributed by atoms with Crippen LogP contribution in [-0.4, -0.2) is 16.1 Å². The molecule has 0 atom stereocenters. The maximum atomic E-state index is 13.0. The molecule has 0 aliphatic carbocycles. The summed E-state index contributed by atoms with van der Waals surface area (Å²) < 4.78 is 18.7. The Kier molecular flexibility index (Phi) is 3.57. The van der Waals surface area contributed by atoms with Gasteiger partial charge in [0.25, 0.3) is 0 Å². The maximum absolute atomic E-state index is 13.0. The van der Waals surface area contributed by atoms with Gasteiger partial charge in [-0.2, -0.15) is 0 Å². The topological polar surface area (TPSA) is 59.4 Å². The summed E-state index contributed by atoms with van der Waals surface area (Å²) in [6, 6.07) is 6.96. The Hall–Kier alpha value is -1.95. The molecule has 1 aromatic heterocycles. The fourth-order valence-corrected chi connectivity index (χ4v) is 1.63. The minimum absolute atomic E-state index is 0.117. The fraction of sp³-hybridized carbons (Fsp3) is 0. The highest BCUT2D eigenvalue weighted by atomic mass is 79.9. The van der Waals surface area contributed by atoms with Gasteiger partial charge >= 0.3 is 5.97 Å². The van der Waals surface area contributed by atoms with Crippen LogP contribution in [0.1, 0.15) is 10.5 Å². The molecule has 0 saturated carbocycles. The van der Waals surface area contributed by atoms with Gasteiger partial charge in [0, 0.05) is 12.3 Å². The van der Waals surface area contributed by atoms with E-state index in [-0.39, 0.29) is 10.2 Å². The third-order valence-electron chi connectivity index (χ3n) is 2.08. The summed E-state index contributed by atoms with van der Waals surface area (Å²) in [7, 11) is 0. The number of carboxylic acid groups (broad SMARTS) is 1. The molecule has 0 fully saturated rings. The van der Waals surface area contributed by atoms with Gasteiger partial charge < -0.3 is 9.84 Å². The Bertz CT molecular complexity index is 604. The van der Waals surface area contributed by atoms with E-state index in [1.54, 1.807) is 0 Å². The quantitative estimate of drug-likeness (QED) is 0.943. The van der Waals surface area contributed by atoms with Gasteiger partial charge in [0.05, 0.1) is 4.47 Å². The first-order valence-electron chi connectivity index (χ1n) is 4.88. The molecule has 4 nitrogen and oxygen atoms in total. The minimum Gasteiger partial charge on any atom is -0.477 e. The van der Waals surface area contributed by atoms with E-state index in [1.165, 1.54) is 36.5 Å². The number of hydrogen-bond donors (Lipinski definition) is 1. The van der Waals surface area contributed by atoms with Crippen LogP contribution in [0.3, 0.4) is 0 Å². The molecule has 0 spiro atoms. The lowest BCUT2D eigenvalue weighted by Crippen LogP contribution is -1.99. The molecule has 18 heavy (non-hydrogen) atoms. The van der Waals surface area contributed by atoms with Crippen LogP contribution in [0.4, 0.5) is 4.39 Å². The second-order valence-electron chi connectivity index (χ2n) is 3.36. The molecule has 0 saturated heterocycles. The number of halogens is 2. The van der Waals surface area contributed by atoms with Gasteiger partial charge in [0.2, 0.25) is 0 Å². The highest BCUT2D eigenvalue weighted by Gasteiger charge is 2.07. The van der Waals surface area contributed by atoms with E-state index in [9.17, 15) is 9.18 Å². The zero-order valence-corrected chi connectivity index (χ0v) is 10.5. The first-order valence-corrected chi connectivity index (χ1v) is 5.68. The lowest BCUT2D eigenvalue weighted by Gasteiger charge is -2.06. The van der Waals surface area contributed by atoms with Crippen LogP contribution in [0.25, 0.3) is 0 Å². The van der Waals surface area contributed by atoms with Crippen molar-refractivity contribution in [2.24, 2.45) is 0 Å². The summed E-state index contributed by atoms with van der Waals surface area (Å²) in [6.45, 7) is 0. The molecule has 0 aliphatic heterocycles. The Morgan fingerprint density at radius 3 is 2.67 bits per heavy atom. The maximum Gasteiger partial charge on any atom is 0.354 e. The van der Waals surface area contributed by atoms with Crippen molar-refractivity contribution in [1.29, 1.82) is 0 Å². The monoisotopic (exact) mass is 311 g/mol. The number of ether oxygens (including phenoxy) is 1. The molecule has 0 radical (unpaired) electrons. The van der Waals surface area contributed by atoms with Gasteiger partial charge in [-0.25, -0.2) is 14.2 Å². The SMILES string of the molecule is O=C(O)c1cc(Oc2ccc(F)c(Br)c2)ccn1. The number of nitrogens with zero attached hydrogens (tertiary/aromatic N) is 1. The highest BCUT2D eigenvalue weighted by Crippen LogP contribution is 2.26. The Morgan fingerprint density at radius 2 is 2.00 bits per heavy atom. The molecule has 1 aromatic carbocycles. The van der Waals surface area contributed by atoms with E-state index < -0.39 is 11.8 Å². The van der Waals surface area contributed by atoms with E-state index in [0.29, 0.717) is 11.5 Å². The smallest absolute Gasteiger partial charge is 0.354 e. The standard InChI is InChI=1S/C12H7BrFNO3/c13-9-5-7(1-2-10(9)14)18-8-3-4-15-11(6-8)12(16)17/h1-6H,(H,16,17). The summed E-state index contributed by atoms with van der Waals surface area (Å²) >= 11 is 3.04. The highest BCUT2D eigenvalue weighted by molar-refractivity contribution is 9.10. The molecular formula is C12H7BrFNO3. The molecule has 0 unspecified atom stereocenters. The number of rotatable bonds is 3. The lowest BCUT2D eigenvalue weighted by molar-refractivity contribution is 0.0690. The van der Waals surface area contributed by atoms with Crippen molar-refractivity contribution < 1.29 is 19.0 Å². The van der Waals surface area contributed by atoms with Gasteiger partial charge in [0.15, 0.2) is 5.69 Å². The van der Waals surface area contributed by atoms with Gasteiger partial charge in [-0.1, -0.05) is 0 Å². The summed E-state index contributed by atoms with van der Waals surface area (Å²) in [5.41, 5.74) is -0.117. The average molecular weight is 312 g/mol. The molecule has 1 N–H and O–H groups in total. The van der Waals surface area contributed by atoms with Crippen molar-refractivity contribution in [3.05, 3.63) is 52.5 Å². The second-order valence-corrected chi connectivity index (χ2v) is 4.21. The molecule has 0 bridgehead atoms. The zero-order valence-electron chi connectivity index (χ0n) is 8.93. The normalized spacial score (nSPS) is 10.1. The predicted octanol–water partition coefficient (Wildman–Crippen LogP) is 3.47. The molecule has 2 rings (SSSR count). The number of benzene rings is 1. The van der Waals surface area contributed by atoms with Crippen LogP contribution < -0.4 is 4.74 Å². The van der Waals surface area contributed by atoms with Crippen LogP contribution in [0.5, 0.6) is 11.5 Å². The summed E-state index contributed by atoms with van der Waals surface area (Å²) in [4.78, 5) is 14.4. The molecule has 1 heterocycles. The van der Waals surface area contributed by atoms with Crippen molar-refractivity contribution in [3.63, 3.8) is 0 Å². The fourth-order valence-electron chi connectivity index (χ4n) is 1.27. The molecule has 0 aliphatic rings. The predicted molar refractivity (Wildman–Crippen MR) is 65.4 cm³/mol. The molecule has 92 valence electrons. The first kappa shape index (κ1) is 12.5. The van der Waals surface area contributed by atoms with Crippen LogP contribution in [0.15, 0.2) is 41.0 Å². The van der Waals surface area contributed by atoms with Crippen LogP contribution in [-0.2, 0) is 0 Å². The minimum atomic E-state index is -1.14. The van der Waals surface area contributed by atoms with Gasteiger partial charge in [-0.3, -0.25) is 0 Å². The molecule has 2 aromatic rings. The van der Waals surface area contributed by atoms with Gasteiger partial charge in [-0.15, -0.1) is 0 Å². The Labute approximate surface area is 110 Å². The van der Waals surface area contributed by atoms with E-state index in [4.69, 9.17) is 9.84 Å². The van der Waals surface area contributed by atoms with Crippen LogP contribution >= 0.6 is 15.9 Å². The van der Waals surface area contributed by atoms with Crippen LogP contribution in [0, 0.1) is 5.82 Å². The molecule has 6 heteroatoms.